The first kappa shape index (κ1) is 11.9. The van der Waals surface area contributed by atoms with Crippen LogP contribution in [0.1, 0.15) is 19.3 Å². The van der Waals surface area contributed by atoms with Crippen LogP contribution in [0.3, 0.4) is 0 Å². The molecule has 0 saturated carbocycles. The monoisotopic (exact) mass is 248 g/mol. The molecule has 2 saturated heterocycles. The van der Waals surface area contributed by atoms with Crippen molar-refractivity contribution >= 4 is 0 Å². The molecule has 0 aliphatic carbocycles. The van der Waals surface area contributed by atoms with Crippen LogP contribution in [-0.2, 0) is 4.74 Å². The Kier molecular flexibility index (Phi) is 3.48. The van der Waals surface area contributed by atoms with E-state index in [0.29, 0.717) is 18.6 Å². The number of rotatable bonds is 3. The number of hydrogen-bond acceptors (Lipinski definition) is 4. The van der Waals surface area contributed by atoms with Gasteiger partial charge in [0.05, 0.1) is 12.7 Å². The van der Waals surface area contributed by atoms with Gasteiger partial charge < -0.3 is 14.8 Å². The maximum absolute atomic E-state index is 5.93. The molecule has 0 amide bonds. The molecule has 2 atom stereocenters. The second-order valence-electron chi connectivity index (χ2n) is 5.25. The molecule has 0 radical (unpaired) electrons. The van der Waals surface area contributed by atoms with E-state index < -0.39 is 0 Å². The van der Waals surface area contributed by atoms with Crippen molar-refractivity contribution in [1.29, 1.82) is 0 Å². The summed E-state index contributed by atoms with van der Waals surface area (Å²) in [6.45, 7) is 3.64. The summed E-state index contributed by atoms with van der Waals surface area (Å²) < 4.78 is 11.8. The third-order valence-electron chi connectivity index (χ3n) is 4.03. The minimum Gasteiger partial charge on any atom is -0.477 e. The maximum atomic E-state index is 5.93. The number of piperidine rings is 1. The number of hydrogen-bond donors (Lipinski definition) is 1. The molecule has 3 rings (SSSR count). The van der Waals surface area contributed by atoms with Crippen LogP contribution in [0.25, 0.3) is 0 Å². The van der Waals surface area contributed by atoms with Crippen molar-refractivity contribution in [2.75, 3.05) is 26.3 Å². The van der Waals surface area contributed by atoms with Crippen LogP contribution in [0.5, 0.6) is 5.88 Å². The number of pyridine rings is 1. The Morgan fingerprint density at radius 1 is 1.50 bits per heavy atom. The molecule has 0 unspecified atom stereocenters. The molecule has 0 bridgehead atoms. The van der Waals surface area contributed by atoms with Gasteiger partial charge >= 0.3 is 0 Å². The van der Waals surface area contributed by atoms with E-state index in [1.807, 2.05) is 18.2 Å². The SMILES string of the molecule is c1ccc(OC[C@]23CCCO[C@@H]2CCNC3)nc1. The van der Waals surface area contributed by atoms with Gasteiger partial charge in [-0.1, -0.05) is 6.07 Å². The Labute approximate surface area is 108 Å². The summed E-state index contributed by atoms with van der Waals surface area (Å²) in [6.07, 6.45) is 5.50. The summed E-state index contributed by atoms with van der Waals surface area (Å²) in [4.78, 5) is 4.21. The minimum absolute atomic E-state index is 0.133. The van der Waals surface area contributed by atoms with Crippen LogP contribution in [0.4, 0.5) is 0 Å². The van der Waals surface area contributed by atoms with Gasteiger partial charge in [-0.2, -0.15) is 0 Å². The molecule has 98 valence electrons. The predicted octanol–water partition coefficient (Wildman–Crippen LogP) is 1.62. The Hall–Kier alpha value is -1.13. The van der Waals surface area contributed by atoms with E-state index in [1.54, 1.807) is 6.20 Å². The molecule has 2 fully saturated rings. The van der Waals surface area contributed by atoms with Gasteiger partial charge in [-0.3, -0.25) is 0 Å². The fourth-order valence-electron chi connectivity index (χ4n) is 3.02. The van der Waals surface area contributed by atoms with Crippen molar-refractivity contribution in [2.45, 2.75) is 25.4 Å². The zero-order chi connectivity index (χ0) is 12.3. The topological polar surface area (TPSA) is 43.4 Å². The van der Waals surface area contributed by atoms with Gasteiger partial charge in [0.15, 0.2) is 0 Å². The smallest absolute Gasteiger partial charge is 0.213 e. The van der Waals surface area contributed by atoms with Crippen LogP contribution < -0.4 is 10.1 Å². The Morgan fingerprint density at radius 3 is 3.39 bits per heavy atom. The van der Waals surface area contributed by atoms with E-state index in [-0.39, 0.29) is 5.41 Å². The van der Waals surface area contributed by atoms with Gasteiger partial charge in [0.25, 0.3) is 0 Å². The Bertz CT molecular complexity index is 371. The molecule has 4 nitrogen and oxygen atoms in total. The predicted molar refractivity (Wildman–Crippen MR) is 68.6 cm³/mol. The van der Waals surface area contributed by atoms with Crippen LogP contribution in [0.15, 0.2) is 24.4 Å². The molecular weight excluding hydrogens is 228 g/mol. The fourth-order valence-corrected chi connectivity index (χ4v) is 3.02. The number of nitrogens with one attached hydrogen (secondary N) is 1. The van der Waals surface area contributed by atoms with Gasteiger partial charge in [0.2, 0.25) is 5.88 Å². The van der Waals surface area contributed by atoms with E-state index in [1.165, 1.54) is 6.42 Å². The summed E-state index contributed by atoms with van der Waals surface area (Å²) >= 11 is 0. The standard InChI is InChI=1S/C14H20N2O2/c1-2-7-16-13(4-1)18-11-14-6-3-9-17-12(14)5-8-15-10-14/h1-2,4,7,12,15H,3,5-6,8-11H2/t12-,14-/m1/s1. The zero-order valence-corrected chi connectivity index (χ0v) is 10.6. The van der Waals surface area contributed by atoms with Crippen LogP contribution >= 0.6 is 0 Å². The highest BCUT2D eigenvalue weighted by molar-refractivity contribution is 5.10. The van der Waals surface area contributed by atoms with Crippen molar-refractivity contribution < 1.29 is 9.47 Å². The van der Waals surface area contributed by atoms with Gasteiger partial charge in [-0.25, -0.2) is 4.98 Å². The van der Waals surface area contributed by atoms with E-state index in [0.717, 1.165) is 32.5 Å². The van der Waals surface area contributed by atoms with E-state index >= 15 is 0 Å². The minimum atomic E-state index is 0.133. The lowest BCUT2D eigenvalue weighted by Gasteiger charge is -2.46. The van der Waals surface area contributed by atoms with Crippen LogP contribution in [0.2, 0.25) is 0 Å². The quantitative estimate of drug-likeness (QED) is 0.882. The van der Waals surface area contributed by atoms with E-state index in [2.05, 4.69) is 10.3 Å². The number of fused-ring (bicyclic) bond motifs is 1. The van der Waals surface area contributed by atoms with E-state index in [4.69, 9.17) is 9.47 Å². The van der Waals surface area contributed by atoms with Crippen molar-refractivity contribution in [3.8, 4) is 5.88 Å². The molecule has 0 spiro atoms. The van der Waals surface area contributed by atoms with Crippen molar-refractivity contribution in [3.05, 3.63) is 24.4 Å². The summed E-state index contributed by atoms with van der Waals surface area (Å²) in [6, 6.07) is 5.76. The van der Waals surface area contributed by atoms with Crippen molar-refractivity contribution in [1.82, 2.24) is 10.3 Å². The number of aromatic nitrogens is 1. The molecule has 1 aromatic heterocycles. The molecule has 4 heteroatoms. The lowest BCUT2D eigenvalue weighted by molar-refractivity contribution is -0.115. The molecule has 1 aromatic rings. The van der Waals surface area contributed by atoms with Gasteiger partial charge in [-0.05, 0) is 31.9 Å². The second kappa shape index (κ2) is 5.24. The Balaban J connectivity index is 1.68. The largest absolute Gasteiger partial charge is 0.477 e. The summed E-state index contributed by atoms with van der Waals surface area (Å²) in [7, 11) is 0. The summed E-state index contributed by atoms with van der Waals surface area (Å²) in [5.74, 6) is 0.710. The molecule has 0 aromatic carbocycles. The molecule has 1 N–H and O–H groups in total. The Morgan fingerprint density at radius 2 is 2.50 bits per heavy atom. The molecular formula is C14H20N2O2. The molecule has 2 aliphatic heterocycles. The zero-order valence-electron chi connectivity index (χ0n) is 10.6. The van der Waals surface area contributed by atoms with Gasteiger partial charge in [0, 0.05) is 30.8 Å². The maximum Gasteiger partial charge on any atom is 0.213 e. The van der Waals surface area contributed by atoms with Gasteiger partial charge in [-0.15, -0.1) is 0 Å². The van der Waals surface area contributed by atoms with Crippen molar-refractivity contribution in [3.63, 3.8) is 0 Å². The average molecular weight is 248 g/mol. The first-order valence-corrected chi connectivity index (χ1v) is 6.75. The normalized spacial score (nSPS) is 31.7. The third kappa shape index (κ3) is 2.35. The first-order chi connectivity index (χ1) is 8.89. The molecule has 18 heavy (non-hydrogen) atoms. The average Bonchev–Trinajstić information content (AvgIpc) is 2.46. The summed E-state index contributed by atoms with van der Waals surface area (Å²) in [5.41, 5.74) is 0.133. The molecule has 2 aliphatic rings. The third-order valence-corrected chi connectivity index (χ3v) is 4.03. The van der Waals surface area contributed by atoms with Crippen LogP contribution in [0, 0.1) is 5.41 Å². The van der Waals surface area contributed by atoms with Crippen molar-refractivity contribution in [2.24, 2.45) is 5.41 Å². The number of nitrogens with zero attached hydrogens (tertiary/aromatic N) is 1. The lowest BCUT2D eigenvalue weighted by atomic mass is 9.73. The highest BCUT2D eigenvalue weighted by Gasteiger charge is 2.44. The van der Waals surface area contributed by atoms with Gasteiger partial charge in [0.1, 0.15) is 0 Å². The lowest BCUT2D eigenvalue weighted by Crippen LogP contribution is -2.56. The highest BCUT2D eigenvalue weighted by atomic mass is 16.5. The van der Waals surface area contributed by atoms with Crippen LogP contribution in [-0.4, -0.2) is 37.4 Å². The second-order valence-corrected chi connectivity index (χ2v) is 5.25. The van der Waals surface area contributed by atoms with E-state index in [9.17, 15) is 0 Å². The summed E-state index contributed by atoms with van der Waals surface area (Å²) in [5, 5.41) is 3.48. The fraction of sp³-hybridized carbons (Fsp3) is 0.643. The first-order valence-electron chi connectivity index (χ1n) is 6.75. The highest BCUT2D eigenvalue weighted by Crippen LogP contribution is 2.37. The number of ether oxygens (including phenoxy) is 2. The molecule has 3 heterocycles.